The minimum atomic E-state index is -2.88. The van der Waals surface area contributed by atoms with Gasteiger partial charge in [-0.05, 0) is 26.7 Å². The van der Waals surface area contributed by atoms with E-state index in [-0.39, 0.29) is 22.6 Å². The summed E-state index contributed by atoms with van der Waals surface area (Å²) in [6.45, 7) is 8.06. The molecule has 0 saturated carbocycles. The molecule has 1 saturated heterocycles. The van der Waals surface area contributed by atoms with Gasteiger partial charge < -0.3 is 5.32 Å². The first-order chi connectivity index (χ1) is 6.24. The highest BCUT2D eigenvalue weighted by molar-refractivity contribution is 7.91. The second kappa shape index (κ2) is 3.49. The second-order valence-corrected chi connectivity index (χ2v) is 7.05. The van der Waals surface area contributed by atoms with Crippen molar-refractivity contribution in [2.75, 3.05) is 11.5 Å². The number of sulfone groups is 1. The van der Waals surface area contributed by atoms with E-state index in [1.54, 1.807) is 0 Å². The molecule has 1 heterocycles. The van der Waals surface area contributed by atoms with E-state index in [1.165, 1.54) is 0 Å². The largest absolute Gasteiger partial charge is 0.304 e. The Bertz CT molecular complexity index is 288. The van der Waals surface area contributed by atoms with Crippen LogP contribution in [0.2, 0.25) is 0 Å². The molecule has 2 atom stereocenters. The van der Waals surface area contributed by atoms with E-state index in [9.17, 15) is 8.42 Å². The number of rotatable bonds is 2. The number of hydrogen-bond donors (Lipinski definition) is 1. The normalized spacial score (nSPS) is 42.3. The van der Waals surface area contributed by atoms with Crippen molar-refractivity contribution in [3.8, 4) is 0 Å². The molecule has 2 unspecified atom stereocenters. The van der Waals surface area contributed by atoms with Crippen LogP contribution in [0.3, 0.4) is 0 Å². The van der Waals surface area contributed by atoms with Crippen LogP contribution < -0.4 is 5.32 Å². The molecule has 0 aromatic carbocycles. The molecule has 1 aliphatic heterocycles. The van der Waals surface area contributed by atoms with Crippen molar-refractivity contribution in [2.24, 2.45) is 0 Å². The highest BCUT2D eigenvalue weighted by Crippen LogP contribution is 2.27. The maximum absolute atomic E-state index is 11.8. The van der Waals surface area contributed by atoms with Gasteiger partial charge in [0.1, 0.15) is 0 Å². The van der Waals surface area contributed by atoms with Gasteiger partial charge in [-0.3, -0.25) is 0 Å². The summed E-state index contributed by atoms with van der Waals surface area (Å²) >= 11 is 0. The van der Waals surface area contributed by atoms with Crippen LogP contribution in [0.15, 0.2) is 0 Å². The molecule has 4 heteroatoms. The highest BCUT2D eigenvalue weighted by atomic mass is 32.2. The SMILES string of the molecule is CCC1(C)CS(=O)(=O)CC(C)(CC)N1. The van der Waals surface area contributed by atoms with Crippen LogP contribution >= 0.6 is 0 Å². The molecule has 0 spiro atoms. The summed E-state index contributed by atoms with van der Waals surface area (Å²) < 4.78 is 23.5. The summed E-state index contributed by atoms with van der Waals surface area (Å²) in [5.74, 6) is 0.540. The zero-order valence-electron chi connectivity index (χ0n) is 9.55. The Morgan fingerprint density at radius 2 is 1.43 bits per heavy atom. The van der Waals surface area contributed by atoms with E-state index in [4.69, 9.17) is 0 Å². The average molecular weight is 219 g/mol. The fourth-order valence-corrected chi connectivity index (χ4v) is 4.80. The summed E-state index contributed by atoms with van der Waals surface area (Å²) in [4.78, 5) is 0. The molecule has 1 aliphatic rings. The smallest absolute Gasteiger partial charge is 0.153 e. The van der Waals surface area contributed by atoms with E-state index in [1.807, 2.05) is 27.7 Å². The van der Waals surface area contributed by atoms with Gasteiger partial charge in [0.2, 0.25) is 0 Å². The quantitative estimate of drug-likeness (QED) is 0.762. The Morgan fingerprint density at radius 3 is 1.71 bits per heavy atom. The Morgan fingerprint density at radius 1 is 1.07 bits per heavy atom. The number of hydrogen-bond acceptors (Lipinski definition) is 3. The lowest BCUT2D eigenvalue weighted by molar-refractivity contribution is 0.240. The molecule has 1 fully saturated rings. The van der Waals surface area contributed by atoms with Crippen LogP contribution in [0.1, 0.15) is 40.5 Å². The Labute approximate surface area is 87.2 Å². The fourth-order valence-electron chi connectivity index (χ4n) is 2.20. The standard InChI is InChI=1S/C10H21NO2S/c1-5-9(3)7-14(12,13)8-10(4,6-2)11-9/h11H,5-8H2,1-4H3. The van der Waals surface area contributed by atoms with Crippen molar-refractivity contribution in [3.63, 3.8) is 0 Å². The van der Waals surface area contributed by atoms with Gasteiger partial charge in [-0.25, -0.2) is 8.42 Å². The van der Waals surface area contributed by atoms with Gasteiger partial charge in [0.25, 0.3) is 0 Å². The Hall–Kier alpha value is -0.0900. The van der Waals surface area contributed by atoms with Crippen LogP contribution in [0, 0.1) is 0 Å². The third kappa shape index (κ3) is 2.48. The highest BCUT2D eigenvalue weighted by Gasteiger charge is 2.43. The molecule has 1 N–H and O–H groups in total. The first kappa shape index (κ1) is 12.0. The Balaban J connectivity index is 3.00. The van der Waals surface area contributed by atoms with Crippen LogP contribution in [0.4, 0.5) is 0 Å². The van der Waals surface area contributed by atoms with Crippen molar-refractivity contribution in [1.29, 1.82) is 0 Å². The zero-order valence-corrected chi connectivity index (χ0v) is 10.4. The molecule has 14 heavy (non-hydrogen) atoms. The van der Waals surface area contributed by atoms with Gasteiger partial charge in [0, 0.05) is 11.1 Å². The molecule has 0 bridgehead atoms. The van der Waals surface area contributed by atoms with E-state index in [0.29, 0.717) is 0 Å². The minimum absolute atomic E-state index is 0.248. The topological polar surface area (TPSA) is 46.2 Å². The third-order valence-corrected chi connectivity index (χ3v) is 5.40. The first-order valence-electron chi connectivity index (χ1n) is 5.24. The summed E-state index contributed by atoms with van der Waals surface area (Å²) in [6, 6.07) is 0. The summed E-state index contributed by atoms with van der Waals surface area (Å²) in [5.41, 5.74) is -0.496. The summed E-state index contributed by atoms with van der Waals surface area (Å²) in [5, 5.41) is 3.48. The summed E-state index contributed by atoms with van der Waals surface area (Å²) in [6.07, 6.45) is 1.70. The maximum atomic E-state index is 11.8. The average Bonchev–Trinajstić information content (AvgIpc) is 2.00. The van der Waals surface area contributed by atoms with Crippen molar-refractivity contribution in [2.45, 2.75) is 51.6 Å². The van der Waals surface area contributed by atoms with Gasteiger partial charge in [0.15, 0.2) is 9.84 Å². The van der Waals surface area contributed by atoms with Gasteiger partial charge in [-0.1, -0.05) is 13.8 Å². The van der Waals surface area contributed by atoms with Gasteiger partial charge >= 0.3 is 0 Å². The molecule has 0 radical (unpaired) electrons. The molecular weight excluding hydrogens is 198 g/mol. The van der Waals surface area contributed by atoms with Crippen LogP contribution in [0.5, 0.6) is 0 Å². The van der Waals surface area contributed by atoms with E-state index >= 15 is 0 Å². The molecule has 0 aromatic rings. The third-order valence-electron chi connectivity index (χ3n) is 3.24. The maximum Gasteiger partial charge on any atom is 0.153 e. The molecule has 0 amide bonds. The van der Waals surface area contributed by atoms with Crippen molar-refractivity contribution >= 4 is 9.84 Å². The molecular formula is C10H21NO2S. The summed E-state index contributed by atoms with van der Waals surface area (Å²) in [7, 11) is -2.88. The van der Waals surface area contributed by atoms with Crippen LogP contribution in [-0.4, -0.2) is 31.0 Å². The lowest BCUT2D eigenvalue weighted by Gasteiger charge is -2.45. The molecule has 0 aliphatic carbocycles. The van der Waals surface area contributed by atoms with E-state index < -0.39 is 9.84 Å². The number of nitrogens with one attached hydrogen (secondary N) is 1. The van der Waals surface area contributed by atoms with Crippen molar-refractivity contribution < 1.29 is 8.42 Å². The minimum Gasteiger partial charge on any atom is -0.304 e. The van der Waals surface area contributed by atoms with Crippen LogP contribution in [0.25, 0.3) is 0 Å². The van der Waals surface area contributed by atoms with Gasteiger partial charge in [0.05, 0.1) is 11.5 Å². The van der Waals surface area contributed by atoms with E-state index in [2.05, 4.69) is 5.32 Å². The predicted molar refractivity (Wildman–Crippen MR) is 59.2 cm³/mol. The zero-order chi connectivity index (χ0) is 11.0. The monoisotopic (exact) mass is 219 g/mol. The molecule has 0 aromatic heterocycles. The predicted octanol–water partition coefficient (Wildman–Crippen LogP) is 1.34. The lowest BCUT2D eigenvalue weighted by Crippen LogP contribution is -2.65. The lowest BCUT2D eigenvalue weighted by atomic mass is 9.92. The van der Waals surface area contributed by atoms with Gasteiger partial charge in [-0.15, -0.1) is 0 Å². The first-order valence-corrected chi connectivity index (χ1v) is 7.06. The molecule has 84 valence electrons. The van der Waals surface area contributed by atoms with Crippen molar-refractivity contribution in [3.05, 3.63) is 0 Å². The Kier molecular flexibility index (Phi) is 2.99. The molecule has 1 rings (SSSR count). The van der Waals surface area contributed by atoms with E-state index in [0.717, 1.165) is 12.8 Å². The molecule has 3 nitrogen and oxygen atoms in total. The van der Waals surface area contributed by atoms with Gasteiger partial charge in [-0.2, -0.15) is 0 Å². The fraction of sp³-hybridized carbons (Fsp3) is 1.00. The van der Waals surface area contributed by atoms with Crippen LogP contribution in [-0.2, 0) is 9.84 Å². The second-order valence-electron chi connectivity index (χ2n) is 4.99. The van der Waals surface area contributed by atoms with Crippen molar-refractivity contribution in [1.82, 2.24) is 5.32 Å².